The molecule has 0 atom stereocenters. The zero-order valence-corrected chi connectivity index (χ0v) is 13.2. The van der Waals surface area contributed by atoms with E-state index in [1.807, 2.05) is 4.90 Å². The summed E-state index contributed by atoms with van der Waals surface area (Å²) in [6.07, 6.45) is 3.45. The Hall–Kier alpha value is -1.82. The Morgan fingerprint density at radius 2 is 1.67 bits per heavy atom. The van der Waals surface area contributed by atoms with Crippen LogP contribution in [0.4, 0.5) is 0 Å². The minimum absolute atomic E-state index is 0.247. The number of benzene rings is 1. The van der Waals surface area contributed by atoms with Crippen molar-refractivity contribution >= 4 is 23.2 Å². The lowest BCUT2D eigenvalue weighted by atomic mass is 10.1. The largest absolute Gasteiger partial charge is 0.497 e. The van der Waals surface area contributed by atoms with E-state index in [0.29, 0.717) is 22.2 Å². The van der Waals surface area contributed by atoms with Gasteiger partial charge in [0.2, 0.25) is 0 Å². The minimum Gasteiger partial charge on any atom is -0.497 e. The van der Waals surface area contributed by atoms with Crippen LogP contribution in [0, 0.1) is 0 Å². The maximum absolute atomic E-state index is 12.3. The van der Waals surface area contributed by atoms with E-state index in [0.717, 1.165) is 25.9 Å². The smallest absolute Gasteiger partial charge is 0.257 e. The van der Waals surface area contributed by atoms with E-state index < -0.39 is 0 Å². The average Bonchev–Trinajstić information content (AvgIpc) is 2.54. The van der Waals surface area contributed by atoms with Crippen molar-refractivity contribution in [2.24, 2.45) is 0 Å². The highest BCUT2D eigenvalue weighted by Crippen LogP contribution is 2.22. The van der Waals surface area contributed by atoms with Crippen molar-refractivity contribution in [3.05, 3.63) is 23.8 Å². The van der Waals surface area contributed by atoms with Gasteiger partial charge < -0.3 is 14.4 Å². The number of rotatable bonds is 3. The Kier molecular flexibility index (Phi) is 5.38. The number of nitrogens with one attached hydrogen (secondary N) is 1. The summed E-state index contributed by atoms with van der Waals surface area (Å²) >= 11 is 5.30. The number of hydrogen-bond donors (Lipinski definition) is 1. The van der Waals surface area contributed by atoms with Gasteiger partial charge in [0.25, 0.3) is 5.91 Å². The van der Waals surface area contributed by atoms with Crippen molar-refractivity contribution < 1.29 is 14.3 Å². The topological polar surface area (TPSA) is 50.8 Å². The molecule has 1 amide bonds. The van der Waals surface area contributed by atoms with Gasteiger partial charge >= 0.3 is 0 Å². The summed E-state index contributed by atoms with van der Waals surface area (Å²) in [6, 6.07) is 5.05. The molecule has 2 rings (SSSR count). The zero-order valence-electron chi connectivity index (χ0n) is 12.3. The molecule has 21 heavy (non-hydrogen) atoms. The highest BCUT2D eigenvalue weighted by Gasteiger charge is 2.17. The third kappa shape index (κ3) is 4.07. The van der Waals surface area contributed by atoms with Crippen LogP contribution in [0.1, 0.15) is 29.6 Å². The number of carbonyl (C=O) groups excluding carboxylic acids is 1. The van der Waals surface area contributed by atoms with Gasteiger partial charge in [0, 0.05) is 24.7 Å². The molecule has 1 aromatic rings. The molecule has 1 heterocycles. The molecule has 0 bridgehead atoms. The summed E-state index contributed by atoms with van der Waals surface area (Å²) in [5.41, 5.74) is 0.463. The van der Waals surface area contributed by atoms with Crippen LogP contribution < -0.4 is 14.8 Å². The average molecular weight is 308 g/mol. The van der Waals surface area contributed by atoms with Crippen molar-refractivity contribution in [3.8, 4) is 11.5 Å². The lowest BCUT2D eigenvalue weighted by Crippen LogP contribution is -2.44. The van der Waals surface area contributed by atoms with Crippen molar-refractivity contribution in [1.29, 1.82) is 0 Å². The normalized spacial score (nSPS) is 14.5. The van der Waals surface area contributed by atoms with Gasteiger partial charge in [-0.05, 0) is 43.6 Å². The number of nitrogens with zero attached hydrogens (tertiary/aromatic N) is 1. The number of likely N-dealkylation sites (tertiary alicyclic amines) is 1. The lowest BCUT2D eigenvalue weighted by molar-refractivity contribution is 0.0972. The number of amides is 1. The molecule has 0 spiro atoms. The maximum atomic E-state index is 12.3. The van der Waals surface area contributed by atoms with Crippen LogP contribution in [0.15, 0.2) is 18.2 Å². The minimum atomic E-state index is -0.247. The van der Waals surface area contributed by atoms with E-state index in [2.05, 4.69) is 5.32 Å². The maximum Gasteiger partial charge on any atom is 0.257 e. The molecule has 0 aromatic heterocycles. The monoisotopic (exact) mass is 308 g/mol. The number of carbonyl (C=O) groups is 1. The van der Waals surface area contributed by atoms with Crippen LogP contribution in [0.2, 0.25) is 0 Å². The summed E-state index contributed by atoms with van der Waals surface area (Å²) in [4.78, 5) is 14.3. The Labute approximate surface area is 130 Å². The first-order chi connectivity index (χ1) is 10.1. The van der Waals surface area contributed by atoms with Gasteiger partial charge in [-0.2, -0.15) is 0 Å². The fraction of sp³-hybridized carbons (Fsp3) is 0.467. The summed E-state index contributed by atoms with van der Waals surface area (Å²) in [7, 11) is 3.10. The van der Waals surface area contributed by atoms with Crippen LogP contribution in [0.5, 0.6) is 11.5 Å². The second-order valence-electron chi connectivity index (χ2n) is 4.91. The van der Waals surface area contributed by atoms with E-state index in [9.17, 15) is 4.79 Å². The molecule has 1 fully saturated rings. The van der Waals surface area contributed by atoms with Crippen LogP contribution in [0.3, 0.4) is 0 Å². The van der Waals surface area contributed by atoms with Crippen LogP contribution in [0.25, 0.3) is 0 Å². The summed E-state index contributed by atoms with van der Waals surface area (Å²) in [6.45, 7) is 1.81. The second-order valence-corrected chi connectivity index (χ2v) is 5.30. The summed E-state index contributed by atoms with van der Waals surface area (Å²) < 4.78 is 10.3. The van der Waals surface area contributed by atoms with E-state index in [1.54, 1.807) is 32.4 Å². The highest BCUT2D eigenvalue weighted by atomic mass is 32.1. The molecule has 1 aliphatic heterocycles. The molecular formula is C15H20N2O3S. The van der Waals surface area contributed by atoms with Crippen LogP contribution >= 0.6 is 12.2 Å². The van der Waals surface area contributed by atoms with E-state index in [4.69, 9.17) is 21.7 Å². The number of hydrogen-bond acceptors (Lipinski definition) is 4. The van der Waals surface area contributed by atoms with Crippen molar-refractivity contribution in [2.45, 2.75) is 19.3 Å². The third-order valence-corrected chi connectivity index (χ3v) is 3.84. The van der Waals surface area contributed by atoms with Crippen molar-refractivity contribution in [1.82, 2.24) is 10.2 Å². The molecule has 1 saturated heterocycles. The third-order valence-electron chi connectivity index (χ3n) is 3.48. The van der Waals surface area contributed by atoms with Crippen molar-refractivity contribution in [3.63, 3.8) is 0 Å². The molecule has 114 valence electrons. The van der Waals surface area contributed by atoms with E-state index in [-0.39, 0.29) is 5.91 Å². The second kappa shape index (κ2) is 7.26. The Bertz CT molecular complexity index is 505. The van der Waals surface area contributed by atoms with Gasteiger partial charge in [-0.25, -0.2) is 0 Å². The Morgan fingerprint density at radius 3 is 2.19 bits per heavy atom. The van der Waals surface area contributed by atoms with Gasteiger partial charge in [-0.1, -0.05) is 0 Å². The van der Waals surface area contributed by atoms with E-state index >= 15 is 0 Å². The summed E-state index contributed by atoms with van der Waals surface area (Å²) in [5, 5.41) is 3.26. The van der Waals surface area contributed by atoms with Crippen LogP contribution in [-0.2, 0) is 0 Å². The number of ether oxygens (including phenoxy) is 2. The summed E-state index contributed by atoms with van der Waals surface area (Å²) in [5.74, 6) is 0.898. The Morgan fingerprint density at radius 1 is 1.10 bits per heavy atom. The van der Waals surface area contributed by atoms with Gasteiger partial charge in [0.15, 0.2) is 5.11 Å². The molecule has 0 aliphatic carbocycles. The molecule has 1 N–H and O–H groups in total. The number of thiocarbonyl (C=S) groups is 1. The molecule has 6 heteroatoms. The SMILES string of the molecule is COc1cc(OC)cc(C(=O)NC(=S)N2CCCCC2)c1. The molecule has 0 unspecified atom stereocenters. The van der Waals surface area contributed by atoms with Crippen molar-refractivity contribution in [2.75, 3.05) is 27.3 Å². The standard InChI is InChI=1S/C15H20N2O3S/c1-19-12-8-11(9-13(10-12)20-2)14(18)16-15(21)17-6-4-3-5-7-17/h8-10H,3-7H2,1-2H3,(H,16,18,21). The van der Waals surface area contributed by atoms with E-state index in [1.165, 1.54) is 6.42 Å². The number of methoxy groups -OCH3 is 2. The Balaban J connectivity index is 2.07. The lowest BCUT2D eigenvalue weighted by Gasteiger charge is -2.28. The molecule has 0 saturated carbocycles. The first-order valence-electron chi connectivity index (χ1n) is 6.97. The van der Waals surface area contributed by atoms with Gasteiger partial charge in [-0.3, -0.25) is 10.1 Å². The molecular weight excluding hydrogens is 288 g/mol. The van der Waals surface area contributed by atoms with Crippen LogP contribution in [-0.4, -0.2) is 43.2 Å². The van der Waals surface area contributed by atoms with Gasteiger partial charge in [0.1, 0.15) is 11.5 Å². The first kappa shape index (κ1) is 15.6. The van der Waals surface area contributed by atoms with Gasteiger partial charge in [-0.15, -0.1) is 0 Å². The highest BCUT2D eigenvalue weighted by molar-refractivity contribution is 7.80. The zero-order chi connectivity index (χ0) is 15.2. The quantitative estimate of drug-likeness (QED) is 0.868. The fourth-order valence-electron chi connectivity index (χ4n) is 2.28. The first-order valence-corrected chi connectivity index (χ1v) is 7.38. The fourth-order valence-corrected chi connectivity index (χ4v) is 2.56. The number of piperidine rings is 1. The molecule has 1 aromatic carbocycles. The molecule has 1 aliphatic rings. The predicted molar refractivity (Wildman–Crippen MR) is 85.0 cm³/mol. The predicted octanol–water partition coefficient (Wildman–Crippen LogP) is 2.20. The van der Waals surface area contributed by atoms with Gasteiger partial charge in [0.05, 0.1) is 14.2 Å². The molecule has 5 nitrogen and oxygen atoms in total. The molecule has 0 radical (unpaired) electrons.